The first kappa shape index (κ1) is 13.6. The molecule has 1 amide bonds. The van der Waals surface area contributed by atoms with Gasteiger partial charge >= 0.3 is 0 Å². The molecule has 0 heterocycles. The molecule has 0 radical (unpaired) electrons. The molecule has 0 fully saturated rings. The summed E-state index contributed by atoms with van der Waals surface area (Å²) in [4.78, 5) is 11.3. The van der Waals surface area contributed by atoms with Gasteiger partial charge in [0.15, 0.2) is 9.84 Å². The van der Waals surface area contributed by atoms with Crippen LogP contribution in [0.25, 0.3) is 0 Å². The van der Waals surface area contributed by atoms with Gasteiger partial charge in [-0.2, -0.15) is 0 Å². The van der Waals surface area contributed by atoms with E-state index in [-0.39, 0.29) is 4.99 Å². The SMILES string of the molecule is NC(=S)CS(=O)(=O)CC(=O)Nc1ccccc1. The van der Waals surface area contributed by atoms with Crippen molar-refractivity contribution in [2.24, 2.45) is 5.73 Å². The molecule has 3 N–H and O–H groups in total. The Hall–Kier alpha value is -1.47. The molecule has 0 aromatic heterocycles. The lowest BCUT2D eigenvalue weighted by molar-refractivity contribution is -0.113. The van der Waals surface area contributed by atoms with Crippen LogP contribution in [0.15, 0.2) is 30.3 Å². The van der Waals surface area contributed by atoms with Crippen LogP contribution in [-0.4, -0.2) is 30.8 Å². The van der Waals surface area contributed by atoms with E-state index < -0.39 is 27.3 Å². The van der Waals surface area contributed by atoms with E-state index in [1.54, 1.807) is 30.3 Å². The van der Waals surface area contributed by atoms with Gasteiger partial charge in [0, 0.05) is 5.69 Å². The summed E-state index contributed by atoms with van der Waals surface area (Å²) < 4.78 is 22.8. The number of benzene rings is 1. The van der Waals surface area contributed by atoms with Gasteiger partial charge in [-0.25, -0.2) is 8.42 Å². The molecule has 1 aromatic carbocycles. The predicted octanol–water partition coefficient (Wildman–Crippen LogP) is 0.326. The first-order chi connectivity index (χ1) is 7.89. The Morgan fingerprint density at radius 2 is 1.82 bits per heavy atom. The largest absolute Gasteiger partial charge is 0.392 e. The van der Waals surface area contributed by atoms with E-state index in [4.69, 9.17) is 5.73 Å². The van der Waals surface area contributed by atoms with E-state index in [0.29, 0.717) is 5.69 Å². The van der Waals surface area contributed by atoms with Crippen molar-refractivity contribution in [3.63, 3.8) is 0 Å². The topological polar surface area (TPSA) is 89.3 Å². The van der Waals surface area contributed by atoms with Gasteiger partial charge in [-0.15, -0.1) is 0 Å². The van der Waals surface area contributed by atoms with Crippen LogP contribution in [0.5, 0.6) is 0 Å². The number of anilines is 1. The van der Waals surface area contributed by atoms with Crippen molar-refractivity contribution in [2.45, 2.75) is 0 Å². The molecule has 1 rings (SSSR count). The third-order valence-electron chi connectivity index (χ3n) is 1.77. The summed E-state index contributed by atoms with van der Waals surface area (Å²) in [6.07, 6.45) is 0. The smallest absolute Gasteiger partial charge is 0.239 e. The lowest BCUT2D eigenvalue weighted by Gasteiger charge is -2.05. The zero-order valence-corrected chi connectivity index (χ0v) is 10.6. The Bertz CT molecular complexity index is 512. The lowest BCUT2D eigenvalue weighted by Crippen LogP contribution is -2.29. The van der Waals surface area contributed by atoms with Crippen molar-refractivity contribution in [1.82, 2.24) is 0 Å². The Balaban J connectivity index is 2.59. The highest BCUT2D eigenvalue weighted by Crippen LogP contribution is 2.05. The normalized spacial score (nSPS) is 10.8. The third-order valence-corrected chi connectivity index (χ3v) is 3.55. The molecule has 0 spiro atoms. The molecule has 0 bridgehead atoms. The van der Waals surface area contributed by atoms with Gasteiger partial charge in [0.1, 0.15) is 11.5 Å². The van der Waals surface area contributed by atoms with Crippen LogP contribution >= 0.6 is 12.2 Å². The second-order valence-electron chi connectivity index (χ2n) is 3.41. The number of hydrogen-bond donors (Lipinski definition) is 2. The summed E-state index contributed by atoms with van der Waals surface area (Å²) in [5.74, 6) is -1.68. The fraction of sp³-hybridized carbons (Fsp3) is 0.200. The van der Waals surface area contributed by atoms with Crippen LogP contribution in [0.2, 0.25) is 0 Å². The molecular weight excluding hydrogens is 260 g/mol. The molecular formula is C10H12N2O3S2. The summed E-state index contributed by atoms with van der Waals surface area (Å²) in [6.45, 7) is 0. The Morgan fingerprint density at radius 1 is 1.24 bits per heavy atom. The van der Waals surface area contributed by atoms with Crippen LogP contribution in [0.1, 0.15) is 0 Å². The lowest BCUT2D eigenvalue weighted by atomic mass is 10.3. The van der Waals surface area contributed by atoms with Gasteiger partial charge in [-0.1, -0.05) is 30.4 Å². The van der Waals surface area contributed by atoms with Gasteiger partial charge in [0.05, 0.1) is 4.99 Å². The monoisotopic (exact) mass is 272 g/mol. The van der Waals surface area contributed by atoms with Crippen LogP contribution in [0.3, 0.4) is 0 Å². The summed E-state index contributed by atoms with van der Waals surface area (Å²) >= 11 is 4.49. The van der Waals surface area contributed by atoms with Crippen LogP contribution in [-0.2, 0) is 14.6 Å². The number of carbonyl (C=O) groups is 1. The van der Waals surface area contributed by atoms with Gasteiger partial charge in [-0.3, -0.25) is 4.79 Å². The molecule has 0 aliphatic heterocycles. The molecule has 0 saturated carbocycles. The minimum absolute atomic E-state index is 0.141. The number of rotatable bonds is 5. The highest BCUT2D eigenvalue weighted by atomic mass is 32.2. The maximum atomic E-state index is 11.4. The van der Waals surface area contributed by atoms with Crippen LogP contribution in [0, 0.1) is 0 Å². The molecule has 17 heavy (non-hydrogen) atoms. The maximum absolute atomic E-state index is 11.4. The summed E-state index contributed by atoms with van der Waals surface area (Å²) in [5.41, 5.74) is 5.67. The van der Waals surface area contributed by atoms with Gasteiger partial charge in [-0.05, 0) is 12.1 Å². The number of carbonyl (C=O) groups excluding carboxylic acids is 1. The number of thiocarbonyl (C=S) groups is 1. The molecule has 0 unspecified atom stereocenters. The third kappa shape index (κ3) is 5.41. The highest BCUT2D eigenvalue weighted by Gasteiger charge is 2.17. The Morgan fingerprint density at radius 3 is 2.35 bits per heavy atom. The van der Waals surface area contributed by atoms with Crippen LogP contribution in [0.4, 0.5) is 5.69 Å². The van der Waals surface area contributed by atoms with E-state index in [9.17, 15) is 13.2 Å². The molecule has 0 saturated heterocycles. The minimum atomic E-state index is -3.58. The zero-order valence-electron chi connectivity index (χ0n) is 8.92. The van der Waals surface area contributed by atoms with Gasteiger partial charge < -0.3 is 11.1 Å². The second-order valence-corrected chi connectivity index (χ2v) is 6.00. The minimum Gasteiger partial charge on any atom is -0.392 e. The Labute approximate surface area is 105 Å². The number of para-hydroxylation sites is 1. The van der Waals surface area contributed by atoms with E-state index in [1.807, 2.05) is 0 Å². The number of amides is 1. The second kappa shape index (κ2) is 5.74. The quantitative estimate of drug-likeness (QED) is 0.754. The molecule has 0 aliphatic carbocycles. The van der Waals surface area contributed by atoms with E-state index in [1.165, 1.54) is 0 Å². The molecule has 92 valence electrons. The first-order valence-corrected chi connectivity index (χ1v) is 6.96. The number of hydrogen-bond acceptors (Lipinski definition) is 4. The number of sulfone groups is 1. The standard InChI is InChI=1S/C10H12N2O3S2/c11-9(16)6-17(14,15)7-10(13)12-8-4-2-1-3-5-8/h1-5H,6-7H2,(H2,11,16)(H,12,13). The highest BCUT2D eigenvalue weighted by molar-refractivity contribution is 7.94. The summed E-state index contributed by atoms with van der Waals surface area (Å²) in [5, 5.41) is 2.47. The van der Waals surface area contributed by atoms with Crippen molar-refractivity contribution in [2.75, 3.05) is 16.8 Å². The average Bonchev–Trinajstić information content (AvgIpc) is 2.15. The molecule has 5 nitrogen and oxygen atoms in total. The molecule has 1 aromatic rings. The summed E-state index contributed by atoms with van der Waals surface area (Å²) in [6, 6.07) is 8.59. The zero-order chi connectivity index (χ0) is 12.9. The van der Waals surface area contributed by atoms with E-state index in [2.05, 4.69) is 17.5 Å². The van der Waals surface area contributed by atoms with Crippen molar-refractivity contribution < 1.29 is 13.2 Å². The van der Waals surface area contributed by atoms with E-state index in [0.717, 1.165) is 0 Å². The maximum Gasteiger partial charge on any atom is 0.239 e. The predicted molar refractivity (Wildman–Crippen MR) is 70.5 cm³/mol. The van der Waals surface area contributed by atoms with Crippen molar-refractivity contribution >= 4 is 38.6 Å². The fourth-order valence-corrected chi connectivity index (χ4v) is 2.73. The van der Waals surface area contributed by atoms with Crippen molar-refractivity contribution in [1.29, 1.82) is 0 Å². The van der Waals surface area contributed by atoms with Crippen molar-refractivity contribution in [3.8, 4) is 0 Å². The molecule has 0 aliphatic rings. The number of nitrogens with one attached hydrogen (secondary N) is 1. The number of nitrogens with two attached hydrogens (primary N) is 1. The average molecular weight is 272 g/mol. The van der Waals surface area contributed by atoms with Gasteiger partial charge in [0.25, 0.3) is 0 Å². The first-order valence-electron chi connectivity index (χ1n) is 4.73. The Kier molecular flexibility index (Phi) is 4.59. The van der Waals surface area contributed by atoms with E-state index >= 15 is 0 Å². The van der Waals surface area contributed by atoms with Crippen molar-refractivity contribution in [3.05, 3.63) is 30.3 Å². The fourth-order valence-electron chi connectivity index (χ4n) is 1.19. The molecule has 0 atom stereocenters. The van der Waals surface area contributed by atoms with Crippen LogP contribution < -0.4 is 11.1 Å². The molecule has 7 heteroatoms. The summed E-state index contributed by atoms with van der Waals surface area (Å²) in [7, 11) is -3.58. The van der Waals surface area contributed by atoms with Gasteiger partial charge in [0.2, 0.25) is 5.91 Å².